The third-order valence-corrected chi connectivity index (χ3v) is 3.31. The van der Waals surface area contributed by atoms with E-state index in [1.807, 2.05) is 5.32 Å². The van der Waals surface area contributed by atoms with Crippen LogP contribution < -0.4 is 11.1 Å². The SMILES string of the molecule is CC(C)C(NC(=O)C(F)(F)C1(O)CCC1)C(N)=O. The molecule has 1 fully saturated rings. The Morgan fingerprint density at radius 2 is 1.89 bits per heavy atom. The maximum absolute atomic E-state index is 13.7. The number of nitrogens with one attached hydrogen (secondary N) is 1. The van der Waals surface area contributed by atoms with E-state index in [1.165, 1.54) is 0 Å². The van der Waals surface area contributed by atoms with E-state index in [2.05, 4.69) is 0 Å². The molecular weight excluding hydrogens is 246 g/mol. The Morgan fingerprint density at radius 1 is 1.39 bits per heavy atom. The average molecular weight is 264 g/mol. The van der Waals surface area contributed by atoms with Crippen LogP contribution in [-0.4, -0.2) is 34.5 Å². The van der Waals surface area contributed by atoms with Crippen molar-refractivity contribution >= 4 is 11.8 Å². The van der Waals surface area contributed by atoms with Gasteiger partial charge in [0, 0.05) is 0 Å². The molecule has 1 saturated carbocycles. The number of rotatable bonds is 5. The summed E-state index contributed by atoms with van der Waals surface area (Å²) in [5, 5.41) is 11.5. The molecule has 0 heterocycles. The molecule has 4 N–H and O–H groups in total. The molecule has 7 heteroatoms. The van der Waals surface area contributed by atoms with Crippen molar-refractivity contribution in [1.29, 1.82) is 0 Å². The zero-order chi connectivity index (χ0) is 14.1. The summed E-state index contributed by atoms with van der Waals surface area (Å²) in [6.07, 6.45) is 0.190. The van der Waals surface area contributed by atoms with Gasteiger partial charge in [0.05, 0.1) is 0 Å². The number of carbonyl (C=O) groups is 2. The molecule has 1 aliphatic carbocycles. The fourth-order valence-electron chi connectivity index (χ4n) is 1.84. The van der Waals surface area contributed by atoms with Gasteiger partial charge in [0.25, 0.3) is 5.91 Å². The summed E-state index contributed by atoms with van der Waals surface area (Å²) in [6, 6.07) is -1.17. The number of carbonyl (C=O) groups excluding carboxylic acids is 2. The minimum atomic E-state index is -3.91. The zero-order valence-corrected chi connectivity index (χ0v) is 10.4. The largest absolute Gasteiger partial charge is 0.383 e. The summed E-state index contributed by atoms with van der Waals surface area (Å²) in [6.45, 7) is 3.15. The molecule has 0 aromatic heterocycles. The molecule has 0 spiro atoms. The van der Waals surface area contributed by atoms with E-state index < -0.39 is 35.3 Å². The number of nitrogens with two attached hydrogens (primary N) is 1. The Morgan fingerprint density at radius 3 is 2.17 bits per heavy atom. The van der Waals surface area contributed by atoms with Crippen molar-refractivity contribution in [3.63, 3.8) is 0 Å². The van der Waals surface area contributed by atoms with Crippen molar-refractivity contribution in [2.75, 3.05) is 0 Å². The van der Waals surface area contributed by atoms with Crippen molar-refractivity contribution in [3.8, 4) is 0 Å². The number of aliphatic hydroxyl groups is 1. The van der Waals surface area contributed by atoms with Crippen LogP contribution in [0.25, 0.3) is 0 Å². The topological polar surface area (TPSA) is 92.4 Å². The molecule has 1 atom stereocenters. The van der Waals surface area contributed by atoms with Gasteiger partial charge >= 0.3 is 5.92 Å². The van der Waals surface area contributed by atoms with Crippen molar-refractivity contribution in [2.45, 2.75) is 50.7 Å². The molecule has 0 aromatic rings. The molecule has 0 aliphatic heterocycles. The molecule has 5 nitrogen and oxygen atoms in total. The first-order valence-corrected chi connectivity index (χ1v) is 5.82. The molecule has 0 aromatic carbocycles. The summed E-state index contributed by atoms with van der Waals surface area (Å²) < 4.78 is 27.4. The highest BCUT2D eigenvalue weighted by molar-refractivity contribution is 5.90. The van der Waals surface area contributed by atoms with Gasteiger partial charge in [0.2, 0.25) is 5.91 Å². The summed E-state index contributed by atoms with van der Waals surface area (Å²) >= 11 is 0. The minimum Gasteiger partial charge on any atom is -0.383 e. The molecule has 0 saturated heterocycles. The third kappa shape index (κ3) is 2.45. The van der Waals surface area contributed by atoms with Gasteiger partial charge in [0.1, 0.15) is 11.6 Å². The molecule has 0 radical (unpaired) electrons. The maximum Gasteiger partial charge on any atom is 0.352 e. The fraction of sp³-hybridized carbons (Fsp3) is 0.818. The van der Waals surface area contributed by atoms with Crippen LogP contribution in [0.1, 0.15) is 33.1 Å². The first kappa shape index (κ1) is 14.8. The van der Waals surface area contributed by atoms with Crippen LogP contribution in [0.3, 0.4) is 0 Å². The average Bonchev–Trinajstić information content (AvgIpc) is 2.20. The van der Waals surface area contributed by atoms with Crippen LogP contribution in [-0.2, 0) is 9.59 Å². The van der Waals surface area contributed by atoms with Crippen LogP contribution in [0.15, 0.2) is 0 Å². The number of alkyl halides is 2. The summed E-state index contributed by atoms with van der Waals surface area (Å²) in [5.74, 6) is -6.84. The number of primary amides is 1. The van der Waals surface area contributed by atoms with E-state index in [1.54, 1.807) is 13.8 Å². The maximum atomic E-state index is 13.7. The molecule has 18 heavy (non-hydrogen) atoms. The van der Waals surface area contributed by atoms with E-state index in [9.17, 15) is 23.5 Å². The lowest BCUT2D eigenvalue weighted by atomic mass is 9.75. The van der Waals surface area contributed by atoms with Crippen molar-refractivity contribution in [2.24, 2.45) is 11.7 Å². The number of halogens is 2. The van der Waals surface area contributed by atoms with Crippen LogP contribution in [0.5, 0.6) is 0 Å². The monoisotopic (exact) mass is 264 g/mol. The number of amides is 2. The summed E-state index contributed by atoms with van der Waals surface area (Å²) in [5.41, 5.74) is 2.73. The van der Waals surface area contributed by atoms with E-state index in [4.69, 9.17) is 5.73 Å². The molecule has 1 rings (SSSR count). The number of hydrogen-bond acceptors (Lipinski definition) is 3. The highest BCUT2D eigenvalue weighted by atomic mass is 19.3. The molecule has 1 aliphatic rings. The lowest BCUT2D eigenvalue weighted by molar-refractivity contribution is -0.216. The lowest BCUT2D eigenvalue weighted by Gasteiger charge is -2.41. The van der Waals surface area contributed by atoms with E-state index in [-0.39, 0.29) is 12.8 Å². The standard InChI is InChI=1S/C11H18F2N2O3/c1-6(2)7(8(14)16)15-9(17)11(12,13)10(18)4-3-5-10/h6-7,18H,3-5H2,1-2H3,(H2,14,16)(H,15,17). The number of hydrogen-bond donors (Lipinski definition) is 3. The van der Waals surface area contributed by atoms with Gasteiger partial charge in [-0.05, 0) is 25.2 Å². The Hall–Kier alpha value is -1.24. The molecule has 1 unspecified atom stereocenters. The zero-order valence-electron chi connectivity index (χ0n) is 10.4. The van der Waals surface area contributed by atoms with Gasteiger partial charge in [-0.25, -0.2) is 0 Å². The van der Waals surface area contributed by atoms with Gasteiger partial charge in [0.15, 0.2) is 0 Å². The van der Waals surface area contributed by atoms with Crippen molar-refractivity contribution < 1.29 is 23.5 Å². The predicted octanol–water partition coefficient (Wildman–Crippen LogP) is 0.163. The molecule has 2 amide bonds. The Labute approximate surface area is 104 Å². The molecular formula is C11H18F2N2O3. The third-order valence-electron chi connectivity index (χ3n) is 3.31. The second-order valence-electron chi connectivity index (χ2n) is 5.06. The van der Waals surface area contributed by atoms with Gasteiger partial charge in [-0.3, -0.25) is 9.59 Å². The van der Waals surface area contributed by atoms with Crippen molar-refractivity contribution in [3.05, 3.63) is 0 Å². The second-order valence-corrected chi connectivity index (χ2v) is 5.06. The summed E-state index contributed by atoms with van der Waals surface area (Å²) in [4.78, 5) is 22.5. The van der Waals surface area contributed by atoms with Gasteiger partial charge in [-0.2, -0.15) is 8.78 Å². The fourth-order valence-corrected chi connectivity index (χ4v) is 1.84. The highest BCUT2D eigenvalue weighted by Crippen LogP contribution is 2.44. The van der Waals surface area contributed by atoms with Crippen LogP contribution >= 0.6 is 0 Å². The Bertz CT molecular complexity index is 354. The van der Waals surface area contributed by atoms with E-state index >= 15 is 0 Å². The molecule has 104 valence electrons. The predicted molar refractivity (Wildman–Crippen MR) is 59.7 cm³/mol. The Kier molecular flexibility index (Phi) is 3.95. The van der Waals surface area contributed by atoms with Crippen LogP contribution in [0, 0.1) is 5.92 Å². The van der Waals surface area contributed by atoms with Crippen molar-refractivity contribution in [1.82, 2.24) is 5.32 Å². The van der Waals surface area contributed by atoms with Crippen LogP contribution in [0.2, 0.25) is 0 Å². The summed E-state index contributed by atoms with van der Waals surface area (Å²) in [7, 11) is 0. The lowest BCUT2D eigenvalue weighted by Crippen LogP contribution is -2.63. The van der Waals surface area contributed by atoms with Gasteiger partial charge in [-0.1, -0.05) is 13.8 Å². The Balaban J connectivity index is 2.78. The normalized spacial score (nSPS) is 20.1. The van der Waals surface area contributed by atoms with Gasteiger partial charge < -0.3 is 16.2 Å². The quantitative estimate of drug-likeness (QED) is 0.660. The molecule has 0 bridgehead atoms. The first-order valence-electron chi connectivity index (χ1n) is 5.82. The van der Waals surface area contributed by atoms with E-state index in [0.29, 0.717) is 6.42 Å². The van der Waals surface area contributed by atoms with E-state index in [0.717, 1.165) is 0 Å². The smallest absolute Gasteiger partial charge is 0.352 e. The van der Waals surface area contributed by atoms with Gasteiger partial charge in [-0.15, -0.1) is 0 Å². The minimum absolute atomic E-state index is 0.129. The first-order chi connectivity index (χ1) is 8.12. The second kappa shape index (κ2) is 4.79. The highest BCUT2D eigenvalue weighted by Gasteiger charge is 2.61. The van der Waals surface area contributed by atoms with Crippen LogP contribution in [0.4, 0.5) is 8.78 Å².